The van der Waals surface area contributed by atoms with Gasteiger partial charge in [0.05, 0.1) is 7.11 Å². The molecule has 2 N–H and O–H groups in total. The number of primary sulfonamides is 1. The highest BCUT2D eigenvalue weighted by molar-refractivity contribution is 7.89. The highest BCUT2D eigenvalue weighted by Gasteiger charge is 2.37. The van der Waals surface area contributed by atoms with Gasteiger partial charge in [-0.1, -0.05) is 0 Å². The number of nitrogens with zero attached hydrogens (tertiary/aromatic N) is 2. The Morgan fingerprint density at radius 3 is 2.35 bits per heavy atom. The van der Waals surface area contributed by atoms with E-state index in [0.29, 0.717) is 0 Å². The molecule has 0 radical (unpaired) electrons. The molecule has 0 saturated carbocycles. The molecule has 1 aromatic rings. The number of halogens is 3. The fourth-order valence-electron chi connectivity index (χ4n) is 1.13. The smallest absolute Gasteiger partial charge is 0.462 e. The lowest BCUT2D eigenvalue weighted by molar-refractivity contribution is -0.393. The van der Waals surface area contributed by atoms with E-state index in [2.05, 4.69) is 14.5 Å². The summed E-state index contributed by atoms with van der Waals surface area (Å²) in [5.41, 5.74) is 0. The molecule has 0 spiro atoms. The van der Waals surface area contributed by atoms with Crippen LogP contribution >= 0.6 is 0 Å². The molecular formula is C7H6F3N3O6S. The molecule has 0 aliphatic carbocycles. The van der Waals surface area contributed by atoms with Crippen molar-refractivity contribution in [1.29, 1.82) is 0 Å². The van der Waals surface area contributed by atoms with Crippen LogP contribution in [0.2, 0.25) is 0 Å². The van der Waals surface area contributed by atoms with E-state index in [4.69, 9.17) is 5.14 Å². The van der Waals surface area contributed by atoms with Crippen LogP contribution in [0.25, 0.3) is 0 Å². The number of rotatable bonds is 4. The van der Waals surface area contributed by atoms with E-state index in [9.17, 15) is 31.7 Å². The minimum atomic E-state index is -5.28. The third-order valence-electron chi connectivity index (χ3n) is 1.80. The number of nitrogens with two attached hydrogens (primary N) is 1. The number of pyridine rings is 1. The Bertz CT molecular complexity index is 644. The van der Waals surface area contributed by atoms with Crippen LogP contribution in [0.1, 0.15) is 0 Å². The van der Waals surface area contributed by atoms with Crippen LogP contribution < -0.4 is 14.6 Å². The summed E-state index contributed by atoms with van der Waals surface area (Å²) in [6.07, 6.45) is -5.28. The molecule has 9 nitrogen and oxygen atoms in total. The lowest BCUT2D eigenvalue weighted by Crippen LogP contribution is -2.20. The Morgan fingerprint density at radius 1 is 1.45 bits per heavy atom. The first-order valence-corrected chi connectivity index (χ1v) is 6.02. The highest BCUT2D eigenvalue weighted by Crippen LogP contribution is 2.35. The molecule has 0 amide bonds. The minimum Gasteiger partial charge on any atom is -0.462 e. The standard InChI is InChI=1S/C7H6F3N3O6S/c1-18-6-4(20(11,16)17)2-3(19-7(8,9)10)5(12-6)13(14)15/h2H,1H3,(H2,11,16,17). The summed E-state index contributed by atoms with van der Waals surface area (Å²) in [7, 11) is -3.62. The summed E-state index contributed by atoms with van der Waals surface area (Å²) in [6, 6.07) is 0.215. The molecule has 0 bridgehead atoms. The van der Waals surface area contributed by atoms with E-state index < -0.39 is 43.7 Å². The van der Waals surface area contributed by atoms with Crippen LogP contribution in [0.5, 0.6) is 11.6 Å². The summed E-state index contributed by atoms with van der Waals surface area (Å²) in [5.74, 6) is -3.62. The summed E-state index contributed by atoms with van der Waals surface area (Å²) < 4.78 is 66.4. The lowest BCUT2D eigenvalue weighted by atomic mass is 10.4. The second kappa shape index (κ2) is 5.09. The Labute approximate surface area is 109 Å². The number of hydrogen-bond acceptors (Lipinski definition) is 7. The minimum absolute atomic E-state index is 0.215. The zero-order valence-corrected chi connectivity index (χ0v) is 10.4. The molecule has 13 heteroatoms. The topological polar surface area (TPSA) is 135 Å². The molecule has 112 valence electrons. The lowest BCUT2D eigenvalue weighted by Gasteiger charge is -2.10. The molecular weight excluding hydrogens is 311 g/mol. The normalized spacial score (nSPS) is 12.1. The molecule has 0 fully saturated rings. The summed E-state index contributed by atoms with van der Waals surface area (Å²) >= 11 is 0. The van der Waals surface area contributed by atoms with Crippen LogP contribution in [0.3, 0.4) is 0 Å². The van der Waals surface area contributed by atoms with Crippen molar-refractivity contribution < 1.29 is 36.0 Å². The zero-order chi connectivity index (χ0) is 15.7. The van der Waals surface area contributed by atoms with E-state index in [1.807, 2.05) is 0 Å². The van der Waals surface area contributed by atoms with Gasteiger partial charge in [-0.05, 0) is 4.92 Å². The van der Waals surface area contributed by atoms with Gasteiger partial charge in [0.1, 0.15) is 0 Å². The van der Waals surface area contributed by atoms with Gasteiger partial charge in [0, 0.05) is 11.1 Å². The second-order valence-electron chi connectivity index (χ2n) is 3.17. The number of ether oxygens (including phenoxy) is 2. The number of sulfonamides is 1. The van der Waals surface area contributed by atoms with Crippen molar-refractivity contribution in [3.63, 3.8) is 0 Å². The van der Waals surface area contributed by atoms with Crippen LogP contribution in [-0.2, 0) is 10.0 Å². The fourth-order valence-corrected chi connectivity index (χ4v) is 1.78. The van der Waals surface area contributed by atoms with Gasteiger partial charge in [-0.2, -0.15) is 0 Å². The molecule has 1 rings (SSSR count). The van der Waals surface area contributed by atoms with E-state index in [1.54, 1.807) is 0 Å². The first kappa shape index (κ1) is 15.9. The maximum absolute atomic E-state index is 12.1. The first-order chi connectivity index (χ1) is 8.95. The molecule has 0 saturated heterocycles. The van der Waals surface area contributed by atoms with Crippen molar-refractivity contribution in [3.05, 3.63) is 16.2 Å². The average Bonchev–Trinajstić information content (AvgIpc) is 2.24. The second-order valence-corrected chi connectivity index (χ2v) is 4.70. The number of aromatic nitrogens is 1. The number of methoxy groups -OCH3 is 1. The van der Waals surface area contributed by atoms with Gasteiger partial charge < -0.3 is 19.6 Å². The van der Waals surface area contributed by atoms with Gasteiger partial charge in [0.25, 0.3) is 0 Å². The van der Waals surface area contributed by atoms with E-state index in [1.165, 1.54) is 0 Å². The molecule has 0 aromatic carbocycles. The van der Waals surface area contributed by atoms with Crippen LogP contribution in [-0.4, -0.2) is 31.8 Å². The monoisotopic (exact) mass is 317 g/mol. The number of nitro groups is 1. The predicted octanol–water partition coefficient (Wildman–Crippen LogP) is 0.544. The van der Waals surface area contributed by atoms with Crippen molar-refractivity contribution in [2.75, 3.05) is 7.11 Å². The van der Waals surface area contributed by atoms with Gasteiger partial charge in [-0.3, -0.25) is 0 Å². The maximum Gasteiger partial charge on any atom is 0.573 e. The largest absolute Gasteiger partial charge is 0.573 e. The number of hydrogen-bond donors (Lipinski definition) is 1. The summed E-state index contributed by atoms with van der Waals surface area (Å²) in [6.45, 7) is 0. The quantitative estimate of drug-likeness (QED) is 0.632. The third kappa shape index (κ3) is 3.67. The van der Waals surface area contributed by atoms with E-state index >= 15 is 0 Å². The molecule has 1 aromatic heterocycles. The molecule has 0 aliphatic heterocycles. The van der Waals surface area contributed by atoms with Gasteiger partial charge in [0.15, 0.2) is 4.90 Å². The molecule has 20 heavy (non-hydrogen) atoms. The fraction of sp³-hybridized carbons (Fsp3) is 0.286. The highest BCUT2D eigenvalue weighted by atomic mass is 32.2. The third-order valence-corrected chi connectivity index (χ3v) is 2.70. The Morgan fingerprint density at radius 2 is 2.00 bits per heavy atom. The van der Waals surface area contributed by atoms with Crippen LogP contribution in [0.15, 0.2) is 11.0 Å². The van der Waals surface area contributed by atoms with Crippen molar-refractivity contribution >= 4 is 15.8 Å². The SMILES string of the molecule is COc1nc([N+](=O)[O-])c(OC(F)(F)F)cc1S(N)(=O)=O. The predicted molar refractivity (Wildman–Crippen MR) is 55.5 cm³/mol. The zero-order valence-electron chi connectivity index (χ0n) is 9.54. The molecule has 0 atom stereocenters. The van der Waals surface area contributed by atoms with Gasteiger partial charge in [0.2, 0.25) is 15.8 Å². The Balaban J connectivity index is 3.60. The molecule has 0 unspecified atom stereocenters. The summed E-state index contributed by atoms with van der Waals surface area (Å²) in [4.78, 5) is 11.4. The van der Waals surface area contributed by atoms with Gasteiger partial charge in [-0.25, -0.2) is 13.6 Å². The average molecular weight is 317 g/mol. The first-order valence-electron chi connectivity index (χ1n) is 4.47. The van der Waals surface area contributed by atoms with Gasteiger partial charge in [-0.15, -0.1) is 13.2 Å². The van der Waals surface area contributed by atoms with E-state index in [-0.39, 0.29) is 6.07 Å². The Kier molecular flexibility index (Phi) is 4.04. The molecule has 1 heterocycles. The molecule has 0 aliphatic rings. The number of alkyl halides is 3. The van der Waals surface area contributed by atoms with Crippen molar-refractivity contribution in [3.8, 4) is 11.6 Å². The van der Waals surface area contributed by atoms with Crippen molar-refractivity contribution in [2.45, 2.75) is 11.3 Å². The Hall–Kier alpha value is -2.15. The van der Waals surface area contributed by atoms with Gasteiger partial charge >= 0.3 is 18.1 Å². The van der Waals surface area contributed by atoms with Crippen LogP contribution in [0.4, 0.5) is 19.0 Å². The van der Waals surface area contributed by atoms with Crippen molar-refractivity contribution in [2.24, 2.45) is 5.14 Å². The van der Waals surface area contributed by atoms with E-state index in [0.717, 1.165) is 7.11 Å². The maximum atomic E-state index is 12.1. The van der Waals surface area contributed by atoms with Crippen LogP contribution in [0, 0.1) is 10.1 Å². The summed E-state index contributed by atoms with van der Waals surface area (Å²) in [5, 5.41) is 15.3. The van der Waals surface area contributed by atoms with Crippen molar-refractivity contribution in [1.82, 2.24) is 4.98 Å².